The summed E-state index contributed by atoms with van der Waals surface area (Å²) >= 11 is 0. The molecule has 2 unspecified atom stereocenters. The van der Waals surface area contributed by atoms with Crippen molar-refractivity contribution in [1.82, 2.24) is 4.90 Å². The number of anilines is 1. The van der Waals surface area contributed by atoms with Gasteiger partial charge in [-0.25, -0.2) is 9.59 Å². The largest absolute Gasteiger partial charge is 0.465 e. The summed E-state index contributed by atoms with van der Waals surface area (Å²) in [6.07, 6.45) is 1.10. The summed E-state index contributed by atoms with van der Waals surface area (Å²) in [6, 6.07) is 14.7. The highest BCUT2D eigenvalue weighted by Gasteiger charge is 2.35. The SMILES string of the molecule is CCOC1CCN(C(=O)OCc2ccccc2)C(c2ccc(C(=O)OC)cc2NC)C1. The quantitative estimate of drug-likeness (QED) is 0.662. The monoisotopic (exact) mass is 426 g/mol. The second kappa shape index (κ2) is 10.8. The van der Waals surface area contributed by atoms with Crippen LogP contribution < -0.4 is 5.32 Å². The Morgan fingerprint density at radius 3 is 2.61 bits per heavy atom. The second-order valence-corrected chi connectivity index (χ2v) is 7.39. The fraction of sp³-hybridized carbons (Fsp3) is 0.417. The van der Waals surface area contributed by atoms with Crippen LogP contribution in [0.15, 0.2) is 48.5 Å². The second-order valence-electron chi connectivity index (χ2n) is 7.39. The van der Waals surface area contributed by atoms with E-state index in [2.05, 4.69) is 5.32 Å². The number of ether oxygens (including phenoxy) is 3. The molecule has 1 fully saturated rings. The summed E-state index contributed by atoms with van der Waals surface area (Å²) in [4.78, 5) is 26.7. The van der Waals surface area contributed by atoms with E-state index in [1.807, 2.05) is 43.3 Å². The number of hydrogen-bond donors (Lipinski definition) is 1. The highest BCUT2D eigenvalue weighted by Crippen LogP contribution is 2.37. The van der Waals surface area contributed by atoms with Gasteiger partial charge in [0.25, 0.3) is 0 Å². The van der Waals surface area contributed by atoms with E-state index < -0.39 is 5.97 Å². The maximum atomic E-state index is 13.0. The number of hydrogen-bond acceptors (Lipinski definition) is 6. The van der Waals surface area contributed by atoms with Crippen LogP contribution in [-0.4, -0.2) is 50.4 Å². The molecule has 3 rings (SSSR count). The summed E-state index contributed by atoms with van der Waals surface area (Å²) in [6.45, 7) is 3.35. The van der Waals surface area contributed by atoms with Crippen LogP contribution in [0.2, 0.25) is 0 Å². The number of piperidine rings is 1. The third-order valence-corrected chi connectivity index (χ3v) is 5.50. The molecule has 166 valence electrons. The van der Waals surface area contributed by atoms with Gasteiger partial charge in [-0.15, -0.1) is 0 Å². The summed E-state index contributed by atoms with van der Waals surface area (Å²) < 4.78 is 16.3. The molecule has 7 heteroatoms. The molecule has 1 aliphatic heterocycles. The molecule has 0 spiro atoms. The van der Waals surface area contributed by atoms with Crippen LogP contribution in [0.5, 0.6) is 0 Å². The molecule has 1 heterocycles. The van der Waals surface area contributed by atoms with Crippen molar-refractivity contribution in [3.8, 4) is 0 Å². The molecule has 2 aromatic rings. The van der Waals surface area contributed by atoms with Crippen molar-refractivity contribution in [3.63, 3.8) is 0 Å². The Bertz CT molecular complexity index is 887. The lowest BCUT2D eigenvalue weighted by molar-refractivity contribution is -0.0124. The minimum atomic E-state index is -0.405. The molecule has 0 saturated carbocycles. The van der Waals surface area contributed by atoms with Gasteiger partial charge in [-0.2, -0.15) is 0 Å². The van der Waals surface area contributed by atoms with Gasteiger partial charge in [-0.05, 0) is 43.0 Å². The van der Waals surface area contributed by atoms with Crippen LogP contribution in [0, 0.1) is 0 Å². The van der Waals surface area contributed by atoms with Crippen molar-refractivity contribution >= 4 is 17.7 Å². The molecule has 7 nitrogen and oxygen atoms in total. The fourth-order valence-electron chi connectivity index (χ4n) is 3.94. The number of likely N-dealkylation sites (tertiary alicyclic amines) is 1. The average molecular weight is 427 g/mol. The highest BCUT2D eigenvalue weighted by atomic mass is 16.6. The van der Waals surface area contributed by atoms with Crippen molar-refractivity contribution in [3.05, 3.63) is 65.2 Å². The van der Waals surface area contributed by atoms with Crippen LogP contribution in [0.4, 0.5) is 10.5 Å². The number of carbonyl (C=O) groups excluding carboxylic acids is 2. The molecule has 31 heavy (non-hydrogen) atoms. The van der Waals surface area contributed by atoms with Crippen molar-refractivity contribution in [2.24, 2.45) is 0 Å². The zero-order chi connectivity index (χ0) is 22.2. The van der Waals surface area contributed by atoms with Gasteiger partial charge in [0.2, 0.25) is 0 Å². The maximum absolute atomic E-state index is 13.0. The van der Waals surface area contributed by atoms with Crippen molar-refractivity contribution in [2.45, 2.75) is 38.5 Å². The number of nitrogens with zero attached hydrogens (tertiary/aromatic N) is 1. The normalized spacial score (nSPS) is 18.4. The predicted octanol–water partition coefficient (Wildman–Crippen LogP) is 4.39. The lowest BCUT2D eigenvalue weighted by atomic mass is 9.91. The van der Waals surface area contributed by atoms with E-state index in [0.29, 0.717) is 25.1 Å². The summed E-state index contributed by atoms with van der Waals surface area (Å²) in [5.41, 5.74) is 3.07. The first-order valence-electron chi connectivity index (χ1n) is 10.6. The van der Waals surface area contributed by atoms with Gasteiger partial charge < -0.3 is 24.4 Å². The number of benzene rings is 2. The molecule has 0 aliphatic carbocycles. The summed E-state index contributed by atoms with van der Waals surface area (Å²) in [5, 5.41) is 3.15. The van der Waals surface area contributed by atoms with Crippen molar-refractivity contribution in [2.75, 3.05) is 32.6 Å². The number of methoxy groups -OCH3 is 1. The third-order valence-electron chi connectivity index (χ3n) is 5.50. The van der Waals surface area contributed by atoms with Crippen molar-refractivity contribution in [1.29, 1.82) is 0 Å². The van der Waals surface area contributed by atoms with E-state index >= 15 is 0 Å². The molecule has 0 aromatic heterocycles. The van der Waals surface area contributed by atoms with Gasteiger partial charge in [-0.3, -0.25) is 0 Å². The highest BCUT2D eigenvalue weighted by molar-refractivity contribution is 5.90. The van der Waals surface area contributed by atoms with E-state index in [9.17, 15) is 9.59 Å². The van der Waals surface area contributed by atoms with Crippen LogP contribution >= 0.6 is 0 Å². The minimum Gasteiger partial charge on any atom is -0.465 e. The first-order valence-corrected chi connectivity index (χ1v) is 10.6. The molecular formula is C24H30N2O5. The Morgan fingerprint density at radius 2 is 1.94 bits per heavy atom. The molecular weight excluding hydrogens is 396 g/mol. The fourth-order valence-corrected chi connectivity index (χ4v) is 3.94. The molecule has 0 bridgehead atoms. The zero-order valence-electron chi connectivity index (χ0n) is 18.3. The standard InChI is InChI=1S/C24H30N2O5/c1-4-30-19-12-13-26(24(28)31-16-17-8-6-5-7-9-17)22(15-19)20-11-10-18(23(27)29-3)14-21(20)25-2/h5-11,14,19,22,25H,4,12-13,15-16H2,1-3H3. The Labute approximate surface area is 183 Å². The molecule has 0 radical (unpaired) electrons. The van der Waals surface area contributed by atoms with Gasteiger partial charge in [0, 0.05) is 25.9 Å². The van der Waals surface area contributed by atoms with Gasteiger partial charge in [0.05, 0.1) is 24.8 Å². The molecule has 1 N–H and O–H groups in total. The number of amides is 1. The average Bonchev–Trinajstić information content (AvgIpc) is 2.82. The van der Waals surface area contributed by atoms with Crippen LogP contribution in [0.25, 0.3) is 0 Å². The summed E-state index contributed by atoms with van der Waals surface area (Å²) in [5.74, 6) is -0.405. The van der Waals surface area contributed by atoms with Crippen LogP contribution in [0.1, 0.15) is 47.3 Å². The van der Waals surface area contributed by atoms with Gasteiger partial charge in [0.1, 0.15) is 6.61 Å². The molecule has 1 amide bonds. The van der Waals surface area contributed by atoms with Crippen molar-refractivity contribution < 1.29 is 23.8 Å². The number of carbonyl (C=O) groups is 2. The zero-order valence-corrected chi connectivity index (χ0v) is 18.3. The Kier molecular flexibility index (Phi) is 7.89. The lowest BCUT2D eigenvalue weighted by Crippen LogP contribution is -2.43. The van der Waals surface area contributed by atoms with E-state index in [1.54, 1.807) is 24.1 Å². The first-order chi connectivity index (χ1) is 15.1. The van der Waals surface area contributed by atoms with Crippen LogP contribution in [0.3, 0.4) is 0 Å². The smallest absolute Gasteiger partial charge is 0.410 e. The van der Waals surface area contributed by atoms with E-state index in [-0.39, 0.29) is 24.8 Å². The van der Waals surface area contributed by atoms with Gasteiger partial charge in [-0.1, -0.05) is 36.4 Å². The molecule has 1 saturated heterocycles. The van der Waals surface area contributed by atoms with Crippen LogP contribution in [-0.2, 0) is 20.8 Å². The number of esters is 1. The van der Waals surface area contributed by atoms with E-state index in [4.69, 9.17) is 14.2 Å². The number of rotatable bonds is 7. The van der Waals surface area contributed by atoms with Gasteiger partial charge in [0.15, 0.2) is 0 Å². The summed E-state index contributed by atoms with van der Waals surface area (Å²) in [7, 11) is 3.15. The Hall–Kier alpha value is -3.06. The maximum Gasteiger partial charge on any atom is 0.410 e. The van der Waals surface area contributed by atoms with E-state index in [0.717, 1.165) is 23.2 Å². The first kappa shape index (κ1) is 22.6. The molecule has 2 aromatic carbocycles. The predicted molar refractivity (Wildman–Crippen MR) is 118 cm³/mol. The lowest BCUT2D eigenvalue weighted by Gasteiger charge is -2.39. The Morgan fingerprint density at radius 1 is 1.16 bits per heavy atom. The molecule has 1 aliphatic rings. The van der Waals surface area contributed by atoms with Gasteiger partial charge >= 0.3 is 12.1 Å². The minimum absolute atomic E-state index is 0.0539. The number of nitrogens with one attached hydrogen (secondary N) is 1. The van der Waals surface area contributed by atoms with E-state index in [1.165, 1.54) is 7.11 Å². The molecule has 2 atom stereocenters. The topological polar surface area (TPSA) is 77.1 Å². The Balaban J connectivity index is 1.84. The third kappa shape index (κ3) is 5.55.